The molecule has 1 N–H and O–H groups in total. The smallest absolute Gasteiger partial charge is 0.238 e. The summed E-state index contributed by atoms with van der Waals surface area (Å²) in [4.78, 5) is 19.7. The van der Waals surface area contributed by atoms with Crippen LogP contribution in [0.5, 0.6) is 11.5 Å². The molecule has 1 amide bonds. The molecule has 1 saturated heterocycles. The van der Waals surface area contributed by atoms with Crippen LogP contribution in [-0.4, -0.2) is 47.1 Å². The molecule has 7 heteroatoms. The van der Waals surface area contributed by atoms with Crippen LogP contribution in [0.3, 0.4) is 0 Å². The number of anilines is 1. The lowest BCUT2D eigenvalue weighted by molar-refractivity contribution is -0.117. The van der Waals surface area contributed by atoms with E-state index < -0.39 is 0 Å². The zero-order valence-electron chi connectivity index (χ0n) is 20.6. The van der Waals surface area contributed by atoms with Crippen molar-refractivity contribution >= 4 is 22.6 Å². The number of aromatic nitrogens is 2. The van der Waals surface area contributed by atoms with Crippen molar-refractivity contribution in [2.75, 3.05) is 32.1 Å². The molecule has 7 nitrogen and oxygen atoms in total. The fourth-order valence-electron chi connectivity index (χ4n) is 4.79. The second-order valence-electron chi connectivity index (χ2n) is 9.23. The van der Waals surface area contributed by atoms with Gasteiger partial charge >= 0.3 is 0 Å². The number of imidazole rings is 1. The zero-order chi connectivity index (χ0) is 24.7. The van der Waals surface area contributed by atoms with Gasteiger partial charge in [-0.3, -0.25) is 9.69 Å². The van der Waals surface area contributed by atoms with Gasteiger partial charge in [-0.05, 0) is 68.2 Å². The van der Waals surface area contributed by atoms with Crippen molar-refractivity contribution < 1.29 is 14.3 Å². The number of hydrogen-bond donors (Lipinski definition) is 1. The average Bonchev–Trinajstić information content (AvgIpc) is 3.26. The molecule has 0 atom stereocenters. The molecule has 0 saturated carbocycles. The first-order valence-electron chi connectivity index (χ1n) is 12.5. The Morgan fingerprint density at radius 1 is 0.972 bits per heavy atom. The van der Waals surface area contributed by atoms with Crippen LogP contribution in [0.15, 0.2) is 78.9 Å². The highest BCUT2D eigenvalue weighted by Crippen LogP contribution is 2.25. The topological polar surface area (TPSA) is 68.6 Å². The van der Waals surface area contributed by atoms with E-state index in [1.165, 1.54) is 0 Å². The molecule has 186 valence electrons. The molecule has 5 rings (SSSR count). The lowest BCUT2D eigenvalue weighted by Crippen LogP contribution is -2.40. The Morgan fingerprint density at radius 3 is 2.53 bits per heavy atom. The number of likely N-dealkylation sites (tertiary alicyclic amines) is 1. The summed E-state index contributed by atoms with van der Waals surface area (Å²) in [6.07, 6.45) is 2.08. The number of nitrogens with zero attached hydrogens (tertiary/aromatic N) is 3. The highest BCUT2D eigenvalue weighted by molar-refractivity contribution is 5.92. The van der Waals surface area contributed by atoms with E-state index in [1.807, 2.05) is 60.7 Å². The van der Waals surface area contributed by atoms with Crippen LogP contribution in [0, 0.1) is 5.92 Å². The maximum absolute atomic E-state index is 12.6. The summed E-state index contributed by atoms with van der Waals surface area (Å²) in [5.74, 6) is 3.05. The minimum atomic E-state index is 0.00246. The molecule has 0 bridgehead atoms. The Kier molecular flexibility index (Phi) is 7.47. The number of amides is 1. The van der Waals surface area contributed by atoms with Gasteiger partial charge in [-0.15, -0.1) is 0 Å². The van der Waals surface area contributed by atoms with Crippen LogP contribution in [-0.2, 0) is 17.9 Å². The van der Waals surface area contributed by atoms with Gasteiger partial charge in [-0.1, -0.05) is 36.4 Å². The molecular weight excluding hydrogens is 452 g/mol. The molecule has 4 aromatic rings. The normalized spacial score (nSPS) is 14.6. The molecule has 1 fully saturated rings. The van der Waals surface area contributed by atoms with Crippen molar-refractivity contribution in [1.82, 2.24) is 14.5 Å². The van der Waals surface area contributed by atoms with Crippen molar-refractivity contribution in [2.24, 2.45) is 5.92 Å². The largest absolute Gasteiger partial charge is 0.497 e. The number of methoxy groups -OCH3 is 1. The summed E-state index contributed by atoms with van der Waals surface area (Å²) in [5, 5.41) is 2.98. The summed E-state index contributed by atoms with van der Waals surface area (Å²) in [7, 11) is 1.62. The fourth-order valence-corrected chi connectivity index (χ4v) is 4.79. The van der Waals surface area contributed by atoms with Gasteiger partial charge in [0, 0.05) is 18.3 Å². The highest BCUT2D eigenvalue weighted by Gasteiger charge is 2.23. The summed E-state index contributed by atoms with van der Waals surface area (Å²) in [6.45, 7) is 3.53. The predicted octanol–water partition coefficient (Wildman–Crippen LogP) is 4.97. The van der Waals surface area contributed by atoms with Crippen molar-refractivity contribution in [3.05, 3.63) is 84.7 Å². The van der Waals surface area contributed by atoms with Gasteiger partial charge in [-0.2, -0.15) is 0 Å². The van der Waals surface area contributed by atoms with Gasteiger partial charge in [0.05, 0.1) is 24.7 Å². The number of ether oxygens (including phenoxy) is 2. The predicted molar refractivity (Wildman–Crippen MR) is 141 cm³/mol. The third-order valence-corrected chi connectivity index (χ3v) is 6.71. The second-order valence-corrected chi connectivity index (χ2v) is 9.23. The molecule has 3 aromatic carbocycles. The van der Waals surface area contributed by atoms with Gasteiger partial charge in [0.1, 0.15) is 23.9 Å². The summed E-state index contributed by atoms with van der Waals surface area (Å²) in [6, 6.07) is 25.6. The van der Waals surface area contributed by atoms with Crippen LogP contribution in [0.25, 0.3) is 11.0 Å². The van der Waals surface area contributed by atoms with E-state index >= 15 is 0 Å². The first kappa shape index (κ1) is 23.9. The first-order chi connectivity index (χ1) is 17.7. The van der Waals surface area contributed by atoms with Crippen LogP contribution in [0.1, 0.15) is 18.7 Å². The molecule has 2 heterocycles. The Bertz CT molecular complexity index is 1300. The molecule has 1 aliphatic rings. The van der Waals surface area contributed by atoms with E-state index in [9.17, 15) is 4.79 Å². The molecule has 0 radical (unpaired) electrons. The standard InChI is InChI=1S/C29H32N4O3/c1-35-25-11-7-8-23(18-25)30-29(34)20-32-16-14-22(15-17-32)19-33-27-13-6-5-12-26(27)31-28(33)21-36-24-9-3-2-4-10-24/h2-13,18,22H,14-17,19-21H2,1H3,(H,30,34). The van der Waals surface area contributed by atoms with E-state index in [0.29, 0.717) is 19.1 Å². The Balaban J connectivity index is 1.18. The molecular formula is C29H32N4O3. The SMILES string of the molecule is COc1cccc(NC(=O)CN2CCC(Cn3c(COc4ccccc4)nc4ccccc43)CC2)c1. The maximum atomic E-state index is 12.6. The number of benzene rings is 3. The molecule has 0 aliphatic carbocycles. The van der Waals surface area contributed by atoms with Gasteiger partial charge in [-0.25, -0.2) is 4.98 Å². The van der Waals surface area contributed by atoms with E-state index in [0.717, 1.165) is 66.5 Å². The minimum Gasteiger partial charge on any atom is -0.497 e. The number of piperidine rings is 1. The highest BCUT2D eigenvalue weighted by atomic mass is 16.5. The molecule has 0 unspecified atom stereocenters. The third kappa shape index (κ3) is 5.86. The number of carbonyl (C=O) groups is 1. The number of fused-ring (bicyclic) bond motifs is 1. The third-order valence-electron chi connectivity index (χ3n) is 6.71. The lowest BCUT2D eigenvalue weighted by Gasteiger charge is -2.32. The Hall–Kier alpha value is -3.84. The average molecular weight is 485 g/mol. The van der Waals surface area contributed by atoms with Crippen LogP contribution in [0.4, 0.5) is 5.69 Å². The quantitative estimate of drug-likeness (QED) is 0.363. The van der Waals surface area contributed by atoms with Crippen LogP contribution in [0.2, 0.25) is 0 Å². The number of hydrogen-bond acceptors (Lipinski definition) is 5. The number of para-hydroxylation sites is 3. The Labute approximate surface area is 211 Å². The Morgan fingerprint density at radius 2 is 1.72 bits per heavy atom. The second kappa shape index (κ2) is 11.3. The van der Waals surface area contributed by atoms with Gasteiger partial charge in [0.15, 0.2) is 0 Å². The van der Waals surface area contributed by atoms with Crippen LogP contribution < -0.4 is 14.8 Å². The molecule has 36 heavy (non-hydrogen) atoms. The zero-order valence-corrected chi connectivity index (χ0v) is 20.6. The summed E-state index contributed by atoms with van der Waals surface area (Å²) in [5.41, 5.74) is 2.89. The lowest BCUT2D eigenvalue weighted by atomic mass is 9.96. The number of nitrogens with one attached hydrogen (secondary N) is 1. The van der Waals surface area contributed by atoms with Gasteiger partial charge < -0.3 is 19.4 Å². The summed E-state index contributed by atoms with van der Waals surface area (Å²) >= 11 is 0. The van der Waals surface area contributed by atoms with E-state index in [2.05, 4.69) is 33.0 Å². The van der Waals surface area contributed by atoms with E-state index in [1.54, 1.807) is 7.11 Å². The monoisotopic (exact) mass is 484 g/mol. The van der Waals surface area contributed by atoms with Crippen molar-refractivity contribution in [3.8, 4) is 11.5 Å². The first-order valence-corrected chi connectivity index (χ1v) is 12.5. The minimum absolute atomic E-state index is 0.00246. The van der Waals surface area contributed by atoms with Gasteiger partial charge in [0.25, 0.3) is 0 Å². The van der Waals surface area contributed by atoms with Crippen molar-refractivity contribution in [1.29, 1.82) is 0 Å². The number of rotatable bonds is 9. The summed E-state index contributed by atoms with van der Waals surface area (Å²) < 4.78 is 13.6. The van der Waals surface area contributed by atoms with Gasteiger partial charge in [0.2, 0.25) is 5.91 Å². The molecule has 0 spiro atoms. The molecule has 1 aromatic heterocycles. The number of carbonyl (C=O) groups excluding carboxylic acids is 1. The van der Waals surface area contributed by atoms with Crippen molar-refractivity contribution in [2.45, 2.75) is 26.0 Å². The maximum Gasteiger partial charge on any atom is 0.238 e. The van der Waals surface area contributed by atoms with E-state index in [4.69, 9.17) is 14.5 Å². The molecule has 1 aliphatic heterocycles. The van der Waals surface area contributed by atoms with Crippen molar-refractivity contribution in [3.63, 3.8) is 0 Å². The fraction of sp³-hybridized carbons (Fsp3) is 0.310. The van der Waals surface area contributed by atoms with Crippen LogP contribution >= 0.6 is 0 Å². The van der Waals surface area contributed by atoms with E-state index in [-0.39, 0.29) is 5.91 Å².